The summed E-state index contributed by atoms with van der Waals surface area (Å²) in [6.07, 6.45) is 0. The molecule has 5 nitrogen and oxygen atoms in total. The summed E-state index contributed by atoms with van der Waals surface area (Å²) in [4.78, 5) is 15.5. The van der Waals surface area contributed by atoms with Crippen LogP contribution in [0.2, 0.25) is 0 Å². The largest absolute Gasteiger partial charge is 0.506 e. The van der Waals surface area contributed by atoms with Gasteiger partial charge in [0.25, 0.3) is 0 Å². The number of rotatable bonds is 5. The highest BCUT2D eigenvalue weighted by atomic mass is 16.3. The zero-order valence-electron chi connectivity index (χ0n) is 10.4. The van der Waals surface area contributed by atoms with Crippen LogP contribution >= 0.6 is 0 Å². The fourth-order valence-electron chi connectivity index (χ4n) is 1.40. The average Bonchev–Trinajstić information content (AvgIpc) is 2.22. The summed E-state index contributed by atoms with van der Waals surface area (Å²) in [6, 6.07) is 3.48. The Balaban J connectivity index is 2.40. The standard InChI is InChI=1S/C12H19N3O2/c1-8(2)14-12(17)7-13-6-10-11(16)5-4-9(3)15-10/h4-5,8,13,16H,6-7H2,1-3H3,(H,14,17). The Hall–Kier alpha value is -1.62. The maximum absolute atomic E-state index is 11.3. The van der Waals surface area contributed by atoms with Crippen molar-refractivity contribution in [1.29, 1.82) is 0 Å². The first kappa shape index (κ1) is 13.4. The second-order valence-corrected chi connectivity index (χ2v) is 4.24. The molecule has 0 aliphatic carbocycles. The first-order valence-corrected chi connectivity index (χ1v) is 5.64. The molecule has 0 saturated carbocycles. The van der Waals surface area contributed by atoms with E-state index in [1.54, 1.807) is 12.1 Å². The molecule has 1 aromatic rings. The Morgan fingerprint density at radius 2 is 2.18 bits per heavy atom. The minimum atomic E-state index is -0.0628. The molecule has 3 N–H and O–H groups in total. The van der Waals surface area contributed by atoms with Crippen LogP contribution in [0.3, 0.4) is 0 Å². The maximum atomic E-state index is 11.3. The van der Waals surface area contributed by atoms with Crippen LogP contribution in [0.15, 0.2) is 12.1 Å². The molecule has 0 atom stereocenters. The van der Waals surface area contributed by atoms with Crippen molar-refractivity contribution in [2.45, 2.75) is 33.4 Å². The molecule has 1 rings (SSSR count). The Morgan fingerprint density at radius 1 is 1.47 bits per heavy atom. The first-order valence-electron chi connectivity index (χ1n) is 5.64. The van der Waals surface area contributed by atoms with E-state index in [1.807, 2.05) is 20.8 Å². The summed E-state index contributed by atoms with van der Waals surface area (Å²) < 4.78 is 0. The van der Waals surface area contributed by atoms with Gasteiger partial charge in [0.2, 0.25) is 5.91 Å². The minimum Gasteiger partial charge on any atom is -0.506 e. The Labute approximate surface area is 101 Å². The number of pyridine rings is 1. The second kappa shape index (κ2) is 6.20. The Kier molecular flexibility index (Phi) is 4.90. The van der Waals surface area contributed by atoms with Crippen molar-refractivity contribution in [3.8, 4) is 5.75 Å². The monoisotopic (exact) mass is 237 g/mol. The summed E-state index contributed by atoms with van der Waals surface area (Å²) in [5.41, 5.74) is 1.40. The lowest BCUT2D eigenvalue weighted by molar-refractivity contribution is -0.120. The highest BCUT2D eigenvalue weighted by molar-refractivity contribution is 5.78. The summed E-state index contributed by atoms with van der Waals surface area (Å²) in [6.45, 7) is 6.26. The van der Waals surface area contributed by atoms with E-state index in [9.17, 15) is 9.90 Å². The quantitative estimate of drug-likeness (QED) is 0.705. The topological polar surface area (TPSA) is 74.2 Å². The van der Waals surface area contributed by atoms with Crippen molar-refractivity contribution >= 4 is 5.91 Å². The molecule has 0 radical (unpaired) electrons. The van der Waals surface area contributed by atoms with Gasteiger partial charge in [-0.05, 0) is 32.9 Å². The van der Waals surface area contributed by atoms with Gasteiger partial charge in [-0.15, -0.1) is 0 Å². The van der Waals surface area contributed by atoms with Crippen LogP contribution in [0.4, 0.5) is 0 Å². The smallest absolute Gasteiger partial charge is 0.234 e. The lowest BCUT2D eigenvalue weighted by Crippen LogP contribution is -2.37. The molecule has 1 aromatic heterocycles. The minimum absolute atomic E-state index is 0.0628. The summed E-state index contributed by atoms with van der Waals surface area (Å²) in [7, 11) is 0. The van der Waals surface area contributed by atoms with E-state index < -0.39 is 0 Å². The molecule has 0 bridgehead atoms. The highest BCUT2D eigenvalue weighted by Crippen LogP contribution is 2.13. The number of aromatic nitrogens is 1. The van der Waals surface area contributed by atoms with Gasteiger partial charge in [-0.1, -0.05) is 0 Å². The Morgan fingerprint density at radius 3 is 2.82 bits per heavy atom. The number of hydrogen-bond donors (Lipinski definition) is 3. The normalized spacial score (nSPS) is 10.6. The van der Waals surface area contributed by atoms with E-state index in [1.165, 1.54) is 0 Å². The number of aromatic hydroxyl groups is 1. The molecular formula is C12H19N3O2. The van der Waals surface area contributed by atoms with Gasteiger partial charge in [0.1, 0.15) is 5.75 Å². The molecule has 0 aliphatic heterocycles. The van der Waals surface area contributed by atoms with E-state index >= 15 is 0 Å². The molecule has 17 heavy (non-hydrogen) atoms. The molecule has 0 saturated heterocycles. The lowest BCUT2D eigenvalue weighted by Gasteiger charge is -2.09. The van der Waals surface area contributed by atoms with Gasteiger partial charge in [-0.3, -0.25) is 9.78 Å². The van der Waals surface area contributed by atoms with Crippen molar-refractivity contribution in [3.05, 3.63) is 23.5 Å². The summed E-state index contributed by atoms with van der Waals surface area (Å²) in [5, 5.41) is 15.3. The molecule has 0 spiro atoms. The number of carbonyl (C=O) groups is 1. The predicted octanol–water partition coefficient (Wildman–Crippen LogP) is 0.710. The SMILES string of the molecule is Cc1ccc(O)c(CNCC(=O)NC(C)C)n1. The molecule has 1 heterocycles. The third-order valence-corrected chi connectivity index (χ3v) is 2.12. The van der Waals surface area contributed by atoms with Gasteiger partial charge >= 0.3 is 0 Å². The highest BCUT2D eigenvalue weighted by Gasteiger charge is 2.05. The van der Waals surface area contributed by atoms with Crippen LogP contribution in [0, 0.1) is 6.92 Å². The van der Waals surface area contributed by atoms with E-state index in [0.717, 1.165) is 5.69 Å². The van der Waals surface area contributed by atoms with Gasteiger partial charge < -0.3 is 15.7 Å². The zero-order valence-corrected chi connectivity index (χ0v) is 10.4. The van der Waals surface area contributed by atoms with Crippen molar-refractivity contribution in [3.63, 3.8) is 0 Å². The van der Waals surface area contributed by atoms with E-state index in [-0.39, 0.29) is 24.2 Å². The second-order valence-electron chi connectivity index (χ2n) is 4.24. The molecule has 0 unspecified atom stereocenters. The van der Waals surface area contributed by atoms with Crippen molar-refractivity contribution < 1.29 is 9.90 Å². The van der Waals surface area contributed by atoms with Gasteiger partial charge in [0, 0.05) is 18.3 Å². The zero-order chi connectivity index (χ0) is 12.8. The maximum Gasteiger partial charge on any atom is 0.234 e. The molecule has 1 amide bonds. The van der Waals surface area contributed by atoms with Crippen molar-refractivity contribution in [2.75, 3.05) is 6.54 Å². The van der Waals surface area contributed by atoms with Crippen molar-refractivity contribution in [2.24, 2.45) is 0 Å². The number of hydrogen-bond acceptors (Lipinski definition) is 4. The van der Waals surface area contributed by atoms with E-state index in [2.05, 4.69) is 15.6 Å². The van der Waals surface area contributed by atoms with E-state index in [0.29, 0.717) is 12.2 Å². The van der Waals surface area contributed by atoms with Crippen LogP contribution in [-0.2, 0) is 11.3 Å². The Bertz CT molecular complexity index is 391. The fraction of sp³-hybridized carbons (Fsp3) is 0.500. The van der Waals surface area contributed by atoms with Crippen LogP contribution in [0.1, 0.15) is 25.2 Å². The van der Waals surface area contributed by atoms with Gasteiger partial charge in [0.15, 0.2) is 0 Å². The van der Waals surface area contributed by atoms with Crippen LogP contribution < -0.4 is 10.6 Å². The molecule has 94 valence electrons. The predicted molar refractivity (Wildman–Crippen MR) is 65.6 cm³/mol. The van der Waals surface area contributed by atoms with Gasteiger partial charge in [-0.2, -0.15) is 0 Å². The molecular weight excluding hydrogens is 218 g/mol. The van der Waals surface area contributed by atoms with E-state index in [4.69, 9.17) is 0 Å². The van der Waals surface area contributed by atoms with Crippen LogP contribution in [0.25, 0.3) is 0 Å². The average molecular weight is 237 g/mol. The van der Waals surface area contributed by atoms with Gasteiger partial charge in [-0.25, -0.2) is 0 Å². The molecule has 5 heteroatoms. The number of carbonyl (C=O) groups excluding carboxylic acids is 1. The third kappa shape index (κ3) is 4.82. The third-order valence-electron chi connectivity index (χ3n) is 2.12. The van der Waals surface area contributed by atoms with Crippen molar-refractivity contribution in [1.82, 2.24) is 15.6 Å². The number of amides is 1. The fourth-order valence-corrected chi connectivity index (χ4v) is 1.40. The summed E-state index contributed by atoms with van der Waals surface area (Å²) in [5.74, 6) is 0.0829. The van der Waals surface area contributed by atoms with Gasteiger partial charge in [0.05, 0.1) is 12.2 Å². The molecule has 0 aliphatic rings. The molecule has 0 fully saturated rings. The lowest BCUT2D eigenvalue weighted by atomic mass is 10.3. The first-order chi connectivity index (χ1) is 7.99. The van der Waals surface area contributed by atoms with Crippen LogP contribution in [-0.4, -0.2) is 28.6 Å². The molecule has 0 aromatic carbocycles. The number of aryl methyl sites for hydroxylation is 1. The number of nitrogens with zero attached hydrogens (tertiary/aromatic N) is 1. The van der Waals surface area contributed by atoms with Crippen LogP contribution in [0.5, 0.6) is 5.75 Å². The number of nitrogens with one attached hydrogen (secondary N) is 2. The summed E-state index contributed by atoms with van der Waals surface area (Å²) >= 11 is 0.